The second kappa shape index (κ2) is 8.43. The summed E-state index contributed by atoms with van der Waals surface area (Å²) < 4.78 is 0. The van der Waals surface area contributed by atoms with Crippen LogP contribution in [0.25, 0.3) is 0 Å². The summed E-state index contributed by atoms with van der Waals surface area (Å²) in [6, 6.07) is 5.87. The van der Waals surface area contributed by atoms with E-state index < -0.39 is 17.9 Å². The van der Waals surface area contributed by atoms with Crippen LogP contribution in [0.1, 0.15) is 24.2 Å². The lowest BCUT2D eigenvalue weighted by Crippen LogP contribution is -2.53. The first kappa shape index (κ1) is 17.2. The molecule has 4 N–H and O–H groups in total. The lowest BCUT2D eigenvalue weighted by atomic mass is 10.2. The monoisotopic (exact) mass is 328 g/mol. The Labute approximate surface area is 133 Å². The second-order valence-corrected chi connectivity index (χ2v) is 4.96. The summed E-state index contributed by atoms with van der Waals surface area (Å²) in [6.07, 6.45) is 0. The van der Waals surface area contributed by atoms with Crippen LogP contribution in [-0.4, -0.2) is 29.5 Å². The van der Waals surface area contributed by atoms with Crippen LogP contribution < -0.4 is 21.5 Å². The van der Waals surface area contributed by atoms with Gasteiger partial charge in [0.25, 0.3) is 11.8 Å². The third kappa shape index (κ3) is 5.57. The first-order chi connectivity index (χ1) is 9.95. The Balaban J connectivity index is 2.51. The fourth-order valence-electron chi connectivity index (χ4n) is 1.42. The molecule has 0 aromatic heterocycles. The van der Waals surface area contributed by atoms with Crippen LogP contribution in [0.5, 0.6) is 0 Å². The molecule has 0 aliphatic rings. The van der Waals surface area contributed by atoms with Crippen molar-refractivity contribution in [2.75, 3.05) is 6.54 Å². The summed E-state index contributed by atoms with van der Waals surface area (Å²) in [5, 5.41) is 6.00. The average Bonchev–Trinajstić information content (AvgIpc) is 2.45. The van der Waals surface area contributed by atoms with Crippen LogP contribution in [-0.2, 0) is 4.79 Å². The summed E-state index contributed by atoms with van der Waals surface area (Å²) in [5.41, 5.74) is 5.24. The maximum atomic E-state index is 12.0. The number of carbonyl (C=O) groups excluding carboxylic acids is 2. The molecule has 6 nitrogen and oxygen atoms in total. The van der Waals surface area contributed by atoms with Crippen molar-refractivity contribution in [1.29, 1.82) is 0 Å². The number of carbonyl (C=O) groups is 2. The van der Waals surface area contributed by atoms with Gasteiger partial charge >= 0.3 is 0 Å². The van der Waals surface area contributed by atoms with Gasteiger partial charge in [-0.25, -0.2) is 0 Å². The van der Waals surface area contributed by atoms with Crippen molar-refractivity contribution < 1.29 is 9.59 Å². The third-order valence-electron chi connectivity index (χ3n) is 2.50. The van der Waals surface area contributed by atoms with Crippen molar-refractivity contribution in [3.8, 4) is 0 Å². The van der Waals surface area contributed by atoms with E-state index in [1.807, 2.05) is 6.92 Å². The highest BCUT2D eigenvalue weighted by Gasteiger charge is 2.17. The molecule has 21 heavy (non-hydrogen) atoms. The predicted octanol–water partition coefficient (Wildman–Crippen LogP) is 0.974. The molecule has 0 unspecified atom stereocenters. The van der Waals surface area contributed by atoms with Gasteiger partial charge in [-0.2, -0.15) is 0 Å². The number of rotatable bonds is 4. The van der Waals surface area contributed by atoms with E-state index in [-0.39, 0.29) is 0 Å². The number of nitrogens with one attached hydrogen (secondary N) is 4. The predicted molar refractivity (Wildman–Crippen MR) is 85.9 cm³/mol. The zero-order chi connectivity index (χ0) is 15.8. The van der Waals surface area contributed by atoms with Crippen molar-refractivity contribution in [3.63, 3.8) is 0 Å². The number of hydrazine groups is 1. The highest BCUT2D eigenvalue weighted by Crippen LogP contribution is 2.14. The zero-order valence-corrected chi connectivity index (χ0v) is 13.3. The summed E-state index contributed by atoms with van der Waals surface area (Å²) in [5.74, 6) is -0.840. The molecule has 0 fully saturated rings. The van der Waals surface area contributed by atoms with Crippen molar-refractivity contribution in [2.45, 2.75) is 19.9 Å². The molecule has 0 spiro atoms. The van der Waals surface area contributed by atoms with Crippen molar-refractivity contribution >= 4 is 40.7 Å². The Bertz CT molecular complexity index is 539. The lowest BCUT2D eigenvalue weighted by Gasteiger charge is -2.16. The van der Waals surface area contributed by atoms with Crippen molar-refractivity contribution in [1.82, 2.24) is 21.5 Å². The van der Waals surface area contributed by atoms with Gasteiger partial charge in [-0.1, -0.05) is 23.7 Å². The van der Waals surface area contributed by atoms with Gasteiger partial charge in [0, 0.05) is 6.54 Å². The minimum atomic E-state index is -0.745. The summed E-state index contributed by atoms with van der Waals surface area (Å²) in [7, 11) is 0. The number of amides is 2. The number of thiocarbonyl (C=S) groups is 1. The first-order valence-corrected chi connectivity index (χ1v) is 7.13. The van der Waals surface area contributed by atoms with Crippen molar-refractivity contribution in [2.24, 2.45) is 0 Å². The molecule has 0 radical (unpaired) electrons. The molecular formula is C13H17ClN4O2S. The molecule has 0 bridgehead atoms. The highest BCUT2D eigenvalue weighted by molar-refractivity contribution is 7.80. The Morgan fingerprint density at radius 1 is 1.29 bits per heavy atom. The van der Waals surface area contributed by atoms with Gasteiger partial charge in [0.1, 0.15) is 6.04 Å². The SMILES string of the molecule is CCNC(=S)NNC(=O)[C@H](C)NC(=O)c1ccccc1Cl. The van der Waals surface area contributed by atoms with E-state index in [9.17, 15) is 9.59 Å². The van der Waals surface area contributed by atoms with Crippen molar-refractivity contribution in [3.05, 3.63) is 34.9 Å². The minimum absolute atomic E-state index is 0.301. The number of hydrogen-bond acceptors (Lipinski definition) is 3. The summed E-state index contributed by atoms with van der Waals surface area (Å²) in [4.78, 5) is 23.8. The standard InChI is InChI=1S/C13H17ClN4O2S/c1-3-15-13(21)18-17-11(19)8(2)16-12(20)9-6-4-5-7-10(9)14/h4-8H,3H2,1-2H3,(H,16,20)(H,17,19)(H2,15,18,21)/t8-/m0/s1. The van der Waals surface area contributed by atoms with E-state index in [2.05, 4.69) is 21.5 Å². The first-order valence-electron chi connectivity index (χ1n) is 6.34. The molecule has 1 aromatic rings. The van der Waals surface area contributed by atoms with Gasteiger partial charge in [-0.3, -0.25) is 20.4 Å². The molecule has 8 heteroatoms. The van der Waals surface area contributed by atoms with Gasteiger partial charge in [-0.15, -0.1) is 0 Å². The van der Waals surface area contributed by atoms with E-state index in [4.69, 9.17) is 23.8 Å². The van der Waals surface area contributed by atoms with E-state index in [1.165, 1.54) is 0 Å². The quantitative estimate of drug-likeness (QED) is 0.489. The Hall–Kier alpha value is -1.86. The van der Waals surface area contributed by atoms with Gasteiger partial charge < -0.3 is 10.6 Å². The normalized spacial score (nSPS) is 11.2. The molecule has 114 valence electrons. The summed E-state index contributed by atoms with van der Waals surface area (Å²) >= 11 is 10.8. The summed E-state index contributed by atoms with van der Waals surface area (Å²) in [6.45, 7) is 4.07. The Morgan fingerprint density at radius 3 is 2.57 bits per heavy atom. The molecule has 0 aliphatic heterocycles. The second-order valence-electron chi connectivity index (χ2n) is 4.15. The van der Waals surface area contributed by atoms with Crippen LogP contribution in [0.15, 0.2) is 24.3 Å². The maximum Gasteiger partial charge on any atom is 0.260 e. The molecule has 0 aliphatic carbocycles. The Morgan fingerprint density at radius 2 is 1.95 bits per heavy atom. The molecular weight excluding hydrogens is 312 g/mol. The van der Waals surface area contributed by atoms with Gasteiger partial charge in [0.15, 0.2) is 5.11 Å². The van der Waals surface area contributed by atoms with Crippen LogP contribution >= 0.6 is 23.8 Å². The molecule has 1 atom stereocenters. The number of hydrogen-bond donors (Lipinski definition) is 4. The fraction of sp³-hybridized carbons (Fsp3) is 0.308. The van der Waals surface area contributed by atoms with Crippen LogP contribution in [0.4, 0.5) is 0 Å². The smallest absolute Gasteiger partial charge is 0.260 e. The highest BCUT2D eigenvalue weighted by atomic mass is 35.5. The van der Waals surface area contributed by atoms with Gasteiger partial charge in [0.05, 0.1) is 10.6 Å². The molecule has 2 amide bonds. The largest absolute Gasteiger partial charge is 0.362 e. The minimum Gasteiger partial charge on any atom is -0.362 e. The number of benzene rings is 1. The fourth-order valence-corrected chi connectivity index (χ4v) is 1.83. The topological polar surface area (TPSA) is 82.3 Å². The van der Waals surface area contributed by atoms with Crippen LogP contribution in [0.2, 0.25) is 5.02 Å². The van der Waals surface area contributed by atoms with Crippen LogP contribution in [0, 0.1) is 0 Å². The van der Waals surface area contributed by atoms with E-state index in [0.717, 1.165) is 0 Å². The third-order valence-corrected chi connectivity index (χ3v) is 3.07. The Kier molecular flexibility index (Phi) is 6.90. The van der Waals surface area contributed by atoms with E-state index in [1.54, 1.807) is 31.2 Å². The molecule has 1 rings (SSSR count). The molecule has 0 saturated heterocycles. The zero-order valence-electron chi connectivity index (χ0n) is 11.7. The average molecular weight is 329 g/mol. The van der Waals surface area contributed by atoms with E-state index >= 15 is 0 Å². The van der Waals surface area contributed by atoms with Crippen LogP contribution in [0.3, 0.4) is 0 Å². The molecule has 0 heterocycles. The lowest BCUT2D eigenvalue weighted by molar-refractivity contribution is -0.123. The number of halogens is 1. The van der Waals surface area contributed by atoms with E-state index in [0.29, 0.717) is 22.2 Å². The van der Waals surface area contributed by atoms with Gasteiger partial charge in [0.2, 0.25) is 0 Å². The maximum absolute atomic E-state index is 12.0. The molecule has 0 saturated carbocycles. The van der Waals surface area contributed by atoms with Gasteiger partial charge in [-0.05, 0) is 38.2 Å². The molecule has 1 aromatic carbocycles.